The second-order valence-corrected chi connectivity index (χ2v) is 5.01. The van der Waals surface area contributed by atoms with Gasteiger partial charge in [-0.05, 0) is 24.3 Å². The normalized spacial score (nSPS) is 10.6. The van der Waals surface area contributed by atoms with E-state index in [1.165, 1.54) is 7.11 Å². The number of para-hydroxylation sites is 1. The van der Waals surface area contributed by atoms with Gasteiger partial charge in [-0.1, -0.05) is 41.9 Å². The minimum atomic E-state index is -0.371. The van der Waals surface area contributed by atoms with E-state index >= 15 is 0 Å². The minimum Gasteiger partial charge on any atom is -0.465 e. The van der Waals surface area contributed by atoms with E-state index in [2.05, 4.69) is 4.98 Å². The van der Waals surface area contributed by atoms with Crippen LogP contribution >= 0.6 is 11.6 Å². The van der Waals surface area contributed by atoms with Crippen LogP contribution in [-0.4, -0.2) is 18.1 Å². The second kappa shape index (κ2) is 5.54. The lowest BCUT2D eigenvalue weighted by Crippen LogP contribution is -2.03. The van der Waals surface area contributed by atoms with Crippen LogP contribution in [0.25, 0.3) is 22.2 Å². The molecule has 0 radical (unpaired) electrons. The lowest BCUT2D eigenvalue weighted by molar-refractivity contribution is 0.0603. The Morgan fingerprint density at radius 3 is 2.52 bits per heavy atom. The maximum Gasteiger partial charge on any atom is 0.338 e. The SMILES string of the molecule is COC(=O)c1cc(-c2ccc(Cl)cc2)nc2ccccc12. The number of ether oxygens (including phenoxy) is 1. The van der Waals surface area contributed by atoms with Crippen molar-refractivity contribution >= 4 is 28.5 Å². The molecule has 0 saturated carbocycles. The highest BCUT2D eigenvalue weighted by molar-refractivity contribution is 6.30. The molecule has 0 aliphatic carbocycles. The van der Waals surface area contributed by atoms with Crippen molar-refractivity contribution in [1.82, 2.24) is 4.98 Å². The van der Waals surface area contributed by atoms with Gasteiger partial charge in [0.25, 0.3) is 0 Å². The Balaban J connectivity index is 2.25. The van der Waals surface area contributed by atoms with Gasteiger partial charge in [-0.3, -0.25) is 0 Å². The van der Waals surface area contributed by atoms with Crippen LogP contribution in [0.2, 0.25) is 5.02 Å². The van der Waals surface area contributed by atoms with E-state index in [-0.39, 0.29) is 5.97 Å². The third kappa shape index (κ3) is 2.60. The first-order valence-electron chi connectivity index (χ1n) is 6.43. The molecule has 0 aliphatic heterocycles. The molecule has 0 spiro atoms. The van der Waals surface area contributed by atoms with E-state index in [1.54, 1.807) is 18.2 Å². The van der Waals surface area contributed by atoms with Gasteiger partial charge in [0.15, 0.2) is 0 Å². The fraction of sp³-hybridized carbons (Fsp3) is 0.0588. The Bertz CT molecular complexity index is 813. The molecule has 3 aromatic rings. The molecular weight excluding hydrogens is 286 g/mol. The third-order valence-corrected chi connectivity index (χ3v) is 3.51. The highest BCUT2D eigenvalue weighted by atomic mass is 35.5. The molecule has 0 bridgehead atoms. The molecule has 0 fully saturated rings. The topological polar surface area (TPSA) is 39.2 Å². The van der Waals surface area contributed by atoms with Crippen LogP contribution in [0, 0.1) is 0 Å². The van der Waals surface area contributed by atoms with Crippen molar-refractivity contribution in [3.63, 3.8) is 0 Å². The van der Waals surface area contributed by atoms with Crippen LogP contribution in [0.3, 0.4) is 0 Å². The maximum absolute atomic E-state index is 12.0. The van der Waals surface area contributed by atoms with Crippen LogP contribution < -0.4 is 0 Å². The fourth-order valence-corrected chi connectivity index (χ4v) is 2.35. The molecule has 0 atom stereocenters. The Morgan fingerprint density at radius 2 is 1.81 bits per heavy atom. The molecule has 0 unspecified atom stereocenters. The van der Waals surface area contributed by atoms with E-state index in [0.29, 0.717) is 16.3 Å². The summed E-state index contributed by atoms with van der Waals surface area (Å²) in [6, 6.07) is 16.6. The Hall–Kier alpha value is -2.39. The highest BCUT2D eigenvalue weighted by Gasteiger charge is 2.13. The number of carbonyl (C=O) groups excluding carboxylic acids is 1. The molecular formula is C17H12ClNO2. The molecule has 0 amide bonds. The minimum absolute atomic E-state index is 0.371. The van der Waals surface area contributed by atoms with Gasteiger partial charge in [-0.25, -0.2) is 9.78 Å². The van der Waals surface area contributed by atoms with Crippen molar-refractivity contribution < 1.29 is 9.53 Å². The molecule has 0 saturated heterocycles. The van der Waals surface area contributed by atoms with Gasteiger partial charge >= 0.3 is 5.97 Å². The number of pyridine rings is 1. The maximum atomic E-state index is 12.0. The molecule has 0 aliphatic rings. The number of methoxy groups -OCH3 is 1. The van der Waals surface area contributed by atoms with E-state index < -0.39 is 0 Å². The lowest BCUT2D eigenvalue weighted by atomic mass is 10.0. The third-order valence-electron chi connectivity index (χ3n) is 3.26. The smallest absolute Gasteiger partial charge is 0.338 e. The molecule has 0 N–H and O–H groups in total. The molecule has 1 aromatic heterocycles. The van der Waals surface area contributed by atoms with E-state index in [1.807, 2.05) is 36.4 Å². The van der Waals surface area contributed by atoms with Gasteiger partial charge in [-0.15, -0.1) is 0 Å². The molecule has 4 heteroatoms. The van der Waals surface area contributed by atoms with Gasteiger partial charge in [0.2, 0.25) is 0 Å². The Morgan fingerprint density at radius 1 is 1.10 bits per heavy atom. The summed E-state index contributed by atoms with van der Waals surface area (Å²) >= 11 is 5.90. The number of rotatable bonds is 2. The lowest BCUT2D eigenvalue weighted by Gasteiger charge is -2.08. The van der Waals surface area contributed by atoms with Crippen molar-refractivity contribution in [2.45, 2.75) is 0 Å². The second-order valence-electron chi connectivity index (χ2n) is 4.57. The summed E-state index contributed by atoms with van der Waals surface area (Å²) in [6.07, 6.45) is 0. The quantitative estimate of drug-likeness (QED) is 0.660. The highest BCUT2D eigenvalue weighted by Crippen LogP contribution is 2.26. The van der Waals surface area contributed by atoms with E-state index in [0.717, 1.165) is 16.5 Å². The summed E-state index contributed by atoms with van der Waals surface area (Å²) < 4.78 is 4.87. The number of fused-ring (bicyclic) bond motifs is 1. The molecule has 3 nitrogen and oxygen atoms in total. The average molecular weight is 298 g/mol. The molecule has 1 heterocycles. The predicted octanol–water partition coefficient (Wildman–Crippen LogP) is 4.34. The van der Waals surface area contributed by atoms with Crippen molar-refractivity contribution in [3.05, 3.63) is 65.2 Å². The molecule has 104 valence electrons. The van der Waals surface area contributed by atoms with Crippen molar-refractivity contribution in [3.8, 4) is 11.3 Å². The van der Waals surface area contributed by atoms with Gasteiger partial charge in [0.1, 0.15) is 0 Å². The van der Waals surface area contributed by atoms with Crippen LogP contribution in [-0.2, 0) is 4.74 Å². The van der Waals surface area contributed by atoms with Crippen LogP contribution in [0.4, 0.5) is 0 Å². The molecule has 21 heavy (non-hydrogen) atoms. The first kappa shape index (κ1) is 13.6. The largest absolute Gasteiger partial charge is 0.465 e. The van der Waals surface area contributed by atoms with E-state index in [4.69, 9.17) is 16.3 Å². The number of nitrogens with zero attached hydrogens (tertiary/aromatic N) is 1. The number of hydrogen-bond donors (Lipinski definition) is 0. The van der Waals surface area contributed by atoms with Crippen molar-refractivity contribution in [2.24, 2.45) is 0 Å². The van der Waals surface area contributed by atoms with E-state index in [9.17, 15) is 4.79 Å². The van der Waals surface area contributed by atoms with Gasteiger partial charge in [0.05, 0.1) is 23.9 Å². The average Bonchev–Trinajstić information content (AvgIpc) is 2.53. The zero-order chi connectivity index (χ0) is 14.8. The van der Waals surface area contributed by atoms with Gasteiger partial charge < -0.3 is 4.74 Å². The monoisotopic (exact) mass is 297 g/mol. The zero-order valence-electron chi connectivity index (χ0n) is 11.3. The standard InChI is InChI=1S/C17H12ClNO2/c1-21-17(20)14-10-16(11-6-8-12(18)9-7-11)19-15-5-3-2-4-13(14)15/h2-10H,1H3. The van der Waals surface area contributed by atoms with Crippen LogP contribution in [0.15, 0.2) is 54.6 Å². The summed E-state index contributed by atoms with van der Waals surface area (Å²) in [5, 5.41) is 1.44. The summed E-state index contributed by atoms with van der Waals surface area (Å²) in [5.74, 6) is -0.371. The molecule has 2 aromatic carbocycles. The summed E-state index contributed by atoms with van der Waals surface area (Å²) in [6.45, 7) is 0. The summed E-state index contributed by atoms with van der Waals surface area (Å²) in [4.78, 5) is 16.6. The van der Waals surface area contributed by atoms with Gasteiger partial charge in [-0.2, -0.15) is 0 Å². The number of esters is 1. The number of aromatic nitrogens is 1. The zero-order valence-corrected chi connectivity index (χ0v) is 12.1. The summed E-state index contributed by atoms with van der Waals surface area (Å²) in [7, 11) is 1.37. The number of hydrogen-bond acceptors (Lipinski definition) is 3. The van der Waals surface area contributed by atoms with Crippen molar-refractivity contribution in [2.75, 3.05) is 7.11 Å². The number of halogens is 1. The number of carbonyl (C=O) groups is 1. The number of benzene rings is 2. The van der Waals surface area contributed by atoms with Crippen LogP contribution in [0.1, 0.15) is 10.4 Å². The fourth-order valence-electron chi connectivity index (χ4n) is 2.22. The Kier molecular flexibility index (Phi) is 3.59. The summed E-state index contributed by atoms with van der Waals surface area (Å²) in [5.41, 5.74) is 2.87. The van der Waals surface area contributed by atoms with Crippen molar-refractivity contribution in [1.29, 1.82) is 0 Å². The van der Waals surface area contributed by atoms with Crippen LogP contribution in [0.5, 0.6) is 0 Å². The first-order chi connectivity index (χ1) is 10.2. The molecule has 3 rings (SSSR count). The predicted molar refractivity (Wildman–Crippen MR) is 83.5 cm³/mol. The Labute approximate surface area is 127 Å². The first-order valence-corrected chi connectivity index (χ1v) is 6.81. The van der Waals surface area contributed by atoms with Gasteiger partial charge in [0, 0.05) is 16.0 Å².